The number of nitro groups is 1. The van der Waals surface area contributed by atoms with E-state index in [-0.39, 0.29) is 11.6 Å². The summed E-state index contributed by atoms with van der Waals surface area (Å²) in [6.07, 6.45) is 1.39. The smallest absolute Gasteiger partial charge is 0.293 e. The summed E-state index contributed by atoms with van der Waals surface area (Å²) >= 11 is 0. The fourth-order valence-corrected chi connectivity index (χ4v) is 1.54. The first-order chi connectivity index (χ1) is 9.49. The predicted octanol–water partition coefficient (Wildman–Crippen LogP) is 0.112. The first kappa shape index (κ1) is 13.4. The average Bonchev–Trinajstić information content (AvgIpc) is 2.81. The molecule has 1 aromatic heterocycles. The van der Waals surface area contributed by atoms with Crippen LogP contribution in [0.25, 0.3) is 0 Å². The minimum absolute atomic E-state index is 0.0105. The van der Waals surface area contributed by atoms with Gasteiger partial charge in [-0.3, -0.25) is 10.1 Å². The van der Waals surface area contributed by atoms with Crippen LogP contribution in [-0.4, -0.2) is 45.5 Å². The third-order valence-corrected chi connectivity index (χ3v) is 2.47. The Hall–Kier alpha value is -3.04. The standard InChI is InChI=1S/C10H12N8O2/c1-16(2)8-4-3-7(5-9(8)18(19)20)6-12-17-10(11)13-14-15-17/h3-6H,1-2H3,(H2,11,13,15)/b12-6-. The molecular weight excluding hydrogens is 264 g/mol. The SMILES string of the molecule is CN(C)c1ccc(/C=N\n2nnnc2N)cc1[N+](=O)[O-]. The van der Waals surface area contributed by atoms with Crippen LogP contribution < -0.4 is 10.6 Å². The average molecular weight is 276 g/mol. The Labute approximate surface area is 113 Å². The molecule has 104 valence electrons. The molecule has 0 atom stereocenters. The van der Waals surface area contributed by atoms with Crippen LogP contribution >= 0.6 is 0 Å². The minimum atomic E-state index is -0.446. The molecule has 0 fully saturated rings. The highest BCUT2D eigenvalue weighted by Gasteiger charge is 2.15. The van der Waals surface area contributed by atoms with Gasteiger partial charge >= 0.3 is 0 Å². The van der Waals surface area contributed by atoms with Crippen LogP contribution in [0.1, 0.15) is 5.56 Å². The van der Waals surface area contributed by atoms with Crippen LogP contribution in [0.5, 0.6) is 0 Å². The van der Waals surface area contributed by atoms with Gasteiger partial charge in [0, 0.05) is 25.7 Å². The van der Waals surface area contributed by atoms with Gasteiger partial charge < -0.3 is 10.6 Å². The van der Waals surface area contributed by atoms with Crippen LogP contribution in [-0.2, 0) is 0 Å². The maximum Gasteiger partial charge on any atom is 0.293 e. The van der Waals surface area contributed by atoms with Crippen molar-refractivity contribution in [2.24, 2.45) is 5.10 Å². The largest absolute Gasteiger partial charge is 0.372 e. The summed E-state index contributed by atoms with van der Waals surface area (Å²) in [7, 11) is 3.47. The van der Waals surface area contributed by atoms with E-state index in [9.17, 15) is 10.1 Å². The third kappa shape index (κ3) is 2.68. The Morgan fingerprint density at radius 1 is 1.50 bits per heavy atom. The molecule has 0 aliphatic carbocycles. The van der Waals surface area contributed by atoms with Crippen LogP contribution in [0.3, 0.4) is 0 Å². The lowest BCUT2D eigenvalue weighted by Crippen LogP contribution is -2.11. The van der Waals surface area contributed by atoms with Crippen molar-refractivity contribution in [3.05, 3.63) is 33.9 Å². The molecular formula is C10H12N8O2. The van der Waals surface area contributed by atoms with Gasteiger partial charge in [0.05, 0.1) is 11.1 Å². The summed E-state index contributed by atoms with van der Waals surface area (Å²) in [4.78, 5) is 13.3. The molecule has 0 aliphatic heterocycles. The van der Waals surface area contributed by atoms with Crippen molar-refractivity contribution in [1.29, 1.82) is 0 Å². The molecule has 0 unspecified atom stereocenters. The number of tetrazole rings is 1. The van der Waals surface area contributed by atoms with Crippen molar-refractivity contribution in [2.75, 3.05) is 24.7 Å². The lowest BCUT2D eigenvalue weighted by molar-refractivity contribution is -0.384. The maximum absolute atomic E-state index is 11.0. The highest BCUT2D eigenvalue weighted by atomic mass is 16.6. The van der Waals surface area contributed by atoms with Gasteiger partial charge in [-0.25, -0.2) is 0 Å². The van der Waals surface area contributed by atoms with Gasteiger partial charge in [-0.05, 0) is 16.5 Å². The van der Waals surface area contributed by atoms with E-state index in [0.29, 0.717) is 11.3 Å². The molecule has 2 rings (SSSR count). The van der Waals surface area contributed by atoms with Crippen LogP contribution in [0.15, 0.2) is 23.3 Å². The first-order valence-corrected chi connectivity index (χ1v) is 5.53. The van der Waals surface area contributed by atoms with Gasteiger partial charge in [0.25, 0.3) is 11.6 Å². The van der Waals surface area contributed by atoms with Gasteiger partial charge in [-0.1, -0.05) is 16.0 Å². The fraction of sp³-hybridized carbons (Fsp3) is 0.200. The summed E-state index contributed by atoms with van der Waals surface area (Å²) in [6, 6.07) is 4.76. The number of nitro benzene ring substituents is 1. The van der Waals surface area contributed by atoms with Crippen LogP contribution in [0, 0.1) is 10.1 Å². The Morgan fingerprint density at radius 2 is 2.25 bits per heavy atom. The molecule has 0 bridgehead atoms. The lowest BCUT2D eigenvalue weighted by atomic mass is 10.2. The Morgan fingerprint density at radius 3 is 2.80 bits per heavy atom. The number of nitrogens with two attached hydrogens (primary N) is 1. The van der Waals surface area contributed by atoms with E-state index >= 15 is 0 Å². The van der Waals surface area contributed by atoms with E-state index in [1.807, 2.05) is 0 Å². The monoisotopic (exact) mass is 276 g/mol. The summed E-state index contributed by atoms with van der Waals surface area (Å²) < 4.78 is 0. The summed E-state index contributed by atoms with van der Waals surface area (Å²) in [5.41, 5.74) is 6.48. The topological polar surface area (TPSA) is 128 Å². The molecule has 10 heteroatoms. The van der Waals surface area contributed by atoms with Crippen molar-refractivity contribution in [1.82, 2.24) is 20.3 Å². The molecule has 0 saturated heterocycles. The predicted molar refractivity (Wildman–Crippen MR) is 72.6 cm³/mol. The van der Waals surface area contributed by atoms with Crippen LogP contribution in [0.2, 0.25) is 0 Å². The first-order valence-electron chi connectivity index (χ1n) is 5.53. The number of anilines is 2. The highest BCUT2D eigenvalue weighted by molar-refractivity contribution is 5.83. The van der Waals surface area contributed by atoms with Crippen molar-refractivity contribution in [3.8, 4) is 0 Å². The number of hydrogen-bond donors (Lipinski definition) is 1. The molecule has 1 aromatic carbocycles. The summed E-state index contributed by atoms with van der Waals surface area (Å²) in [6.45, 7) is 0. The third-order valence-electron chi connectivity index (χ3n) is 2.47. The minimum Gasteiger partial charge on any atom is -0.372 e. The number of rotatable bonds is 4. The maximum atomic E-state index is 11.0. The molecule has 1 heterocycles. The zero-order valence-electron chi connectivity index (χ0n) is 10.8. The van der Waals surface area contributed by atoms with Crippen molar-refractivity contribution in [2.45, 2.75) is 0 Å². The van der Waals surface area contributed by atoms with E-state index in [0.717, 1.165) is 4.79 Å². The summed E-state index contributed by atoms with van der Waals surface area (Å²) in [5, 5.41) is 25.3. The normalized spacial score (nSPS) is 10.9. The molecule has 2 N–H and O–H groups in total. The summed E-state index contributed by atoms with van der Waals surface area (Å²) in [5.74, 6) is 0.0284. The molecule has 0 radical (unpaired) electrons. The highest BCUT2D eigenvalue weighted by Crippen LogP contribution is 2.27. The zero-order chi connectivity index (χ0) is 14.7. The Kier molecular flexibility index (Phi) is 3.55. The van der Waals surface area contributed by atoms with E-state index in [2.05, 4.69) is 20.6 Å². The molecule has 0 aliphatic rings. The molecule has 0 spiro atoms. The number of benzene rings is 1. The second-order valence-electron chi connectivity index (χ2n) is 4.07. The van der Waals surface area contributed by atoms with Gasteiger partial charge in [-0.2, -0.15) is 5.10 Å². The quantitative estimate of drug-likeness (QED) is 0.476. The van der Waals surface area contributed by atoms with E-state index in [1.54, 1.807) is 31.1 Å². The Bertz CT molecular complexity index is 663. The zero-order valence-corrected chi connectivity index (χ0v) is 10.8. The molecule has 0 amide bonds. The number of aromatic nitrogens is 4. The molecule has 2 aromatic rings. The van der Waals surface area contributed by atoms with Gasteiger partial charge in [0.15, 0.2) is 0 Å². The Balaban J connectivity index is 2.35. The molecule has 10 nitrogen and oxygen atoms in total. The van der Waals surface area contributed by atoms with E-state index in [1.165, 1.54) is 12.3 Å². The molecule has 0 saturated carbocycles. The molecule has 20 heavy (non-hydrogen) atoms. The second-order valence-corrected chi connectivity index (χ2v) is 4.07. The number of nitrogens with zero attached hydrogens (tertiary/aromatic N) is 7. The van der Waals surface area contributed by atoms with E-state index in [4.69, 9.17) is 5.73 Å². The van der Waals surface area contributed by atoms with Gasteiger partial charge in [-0.15, -0.1) is 0 Å². The number of hydrogen-bond acceptors (Lipinski definition) is 8. The van der Waals surface area contributed by atoms with Crippen LogP contribution in [0.4, 0.5) is 17.3 Å². The van der Waals surface area contributed by atoms with Crippen molar-refractivity contribution in [3.63, 3.8) is 0 Å². The van der Waals surface area contributed by atoms with Crippen molar-refractivity contribution >= 4 is 23.5 Å². The number of nitrogen functional groups attached to an aromatic ring is 1. The van der Waals surface area contributed by atoms with Gasteiger partial charge in [0.2, 0.25) is 0 Å². The lowest BCUT2D eigenvalue weighted by Gasteiger charge is -2.12. The van der Waals surface area contributed by atoms with E-state index < -0.39 is 4.92 Å². The van der Waals surface area contributed by atoms with Crippen molar-refractivity contribution < 1.29 is 4.92 Å². The van der Waals surface area contributed by atoms with Gasteiger partial charge in [0.1, 0.15) is 5.69 Å². The second kappa shape index (κ2) is 5.30. The fourth-order valence-electron chi connectivity index (χ4n) is 1.54.